The molecule has 1 atom stereocenters. The van der Waals surface area contributed by atoms with E-state index in [1.165, 1.54) is 17.6 Å². The van der Waals surface area contributed by atoms with Crippen molar-refractivity contribution in [3.8, 4) is 11.8 Å². The Hall–Kier alpha value is -5.78. The summed E-state index contributed by atoms with van der Waals surface area (Å²) in [5, 5.41) is 15.1. The molecule has 3 heterocycles. The third-order valence-electron chi connectivity index (χ3n) is 12.7. The first-order valence-corrected chi connectivity index (χ1v) is 20.5. The van der Waals surface area contributed by atoms with Crippen LogP contribution < -0.4 is 15.4 Å². The number of ether oxygens (including phenoxy) is 1. The predicted octanol–water partition coefficient (Wildman–Crippen LogP) is 7.37. The van der Waals surface area contributed by atoms with Crippen LogP contribution in [-0.2, 0) is 22.6 Å². The van der Waals surface area contributed by atoms with E-state index in [1.807, 2.05) is 24.3 Å². The second-order valence-corrected chi connectivity index (χ2v) is 17.4. The van der Waals surface area contributed by atoms with E-state index in [0.717, 1.165) is 62.9 Å². The van der Waals surface area contributed by atoms with E-state index in [0.29, 0.717) is 35.5 Å². The summed E-state index contributed by atoms with van der Waals surface area (Å²) in [6.45, 7) is 19.0. The molecule has 300 valence electrons. The highest BCUT2D eigenvalue weighted by atomic mass is 16.5. The fourth-order valence-corrected chi connectivity index (χ4v) is 9.72. The summed E-state index contributed by atoms with van der Waals surface area (Å²) in [7, 11) is 0. The number of aryl methyl sites for hydroxylation is 1. The molecule has 11 heteroatoms. The summed E-state index contributed by atoms with van der Waals surface area (Å²) < 4.78 is 6.37. The summed E-state index contributed by atoms with van der Waals surface area (Å²) in [5.41, 5.74) is 5.73. The van der Waals surface area contributed by atoms with Gasteiger partial charge in [-0.05, 0) is 97.3 Å². The van der Waals surface area contributed by atoms with E-state index in [4.69, 9.17) is 11.3 Å². The van der Waals surface area contributed by atoms with Gasteiger partial charge >= 0.3 is 0 Å². The van der Waals surface area contributed by atoms with E-state index < -0.39 is 6.04 Å². The Morgan fingerprint density at radius 1 is 0.983 bits per heavy atom. The lowest BCUT2D eigenvalue weighted by Crippen LogP contribution is -2.74. The van der Waals surface area contributed by atoms with Crippen LogP contribution >= 0.6 is 0 Å². The molecule has 1 saturated heterocycles. The first-order chi connectivity index (χ1) is 27.8. The van der Waals surface area contributed by atoms with Gasteiger partial charge in [0.2, 0.25) is 17.5 Å². The highest BCUT2D eigenvalue weighted by molar-refractivity contribution is 6.05. The molecule has 2 N–H and O–H groups in total. The number of carbonyl (C=O) groups is 4. The van der Waals surface area contributed by atoms with E-state index in [2.05, 4.69) is 78.4 Å². The number of unbranched alkanes of at least 4 members (excludes halogenated alkanes) is 3. The third-order valence-corrected chi connectivity index (χ3v) is 12.7. The van der Waals surface area contributed by atoms with Crippen molar-refractivity contribution in [3.05, 3.63) is 112 Å². The van der Waals surface area contributed by atoms with Gasteiger partial charge in [-0.2, -0.15) is 5.26 Å². The predicted molar refractivity (Wildman–Crippen MR) is 221 cm³/mol. The number of hydrogen-bond acceptors (Lipinski definition) is 7. The molecule has 3 aromatic carbocycles. The van der Waals surface area contributed by atoms with Gasteiger partial charge in [-0.15, -0.1) is 0 Å². The molecule has 1 unspecified atom stereocenters. The number of fused-ring (bicyclic) bond motifs is 1. The Morgan fingerprint density at radius 3 is 2.43 bits per heavy atom. The Bertz CT molecular complexity index is 2210. The number of nitrogens with one attached hydrogen (secondary N) is 2. The number of piperidine rings is 1. The van der Waals surface area contributed by atoms with E-state index >= 15 is 0 Å². The third kappa shape index (κ3) is 8.14. The number of nitriles is 1. The quantitative estimate of drug-likeness (QED) is 0.105. The minimum Gasteiger partial charge on any atom is -0.489 e. The molecule has 3 aromatic rings. The average molecular weight is 781 g/mol. The number of rotatable bonds is 13. The maximum absolute atomic E-state index is 13.4. The topological polar surface area (TPSA) is 136 Å². The molecule has 3 aliphatic heterocycles. The van der Waals surface area contributed by atoms with Crippen LogP contribution in [0.2, 0.25) is 0 Å². The zero-order valence-electron chi connectivity index (χ0n) is 33.9. The van der Waals surface area contributed by atoms with Gasteiger partial charge in [-0.25, -0.2) is 4.85 Å². The van der Waals surface area contributed by atoms with Gasteiger partial charge in [-0.3, -0.25) is 29.4 Å². The van der Waals surface area contributed by atoms with Gasteiger partial charge in [0.05, 0.1) is 18.2 Å². The SMILES string of the molecule is [C-]#[N+]c1ccc(OC2C(C)(C)C(NC(=O)c3ccc(CCCCCCN4CC=C(c5ccc6c(c5)CN(C5CCC(=O)NC5=O)C6=O)CC4)cc3)C2(C)C)cc1C#N. The van der Waals surface area contributed by atoms with Gasteiger partial charge in [0.1, 0.15) is 17.9 Å². The molecule has 0 radical (unpaired) electrons. The van der Waals surface area contributed by atoms with Crippen molar-refractivity contribution in [2.75, 3.05) is 19.6 Å². The highest BCUT2D eigenvalue weighted by Gasteiger charge is 2.64. The Kier molecular flexibility index (Phi) is 11.6. The minimum absolute atomic E-state index is 0.105. The normalized spacial score (nSPS) is 22.2. The summed E-state index contributed by atoms with van der Waals surface area (Å²) in [6, 6.07) is 20.2. The van der Waals surface area contributed by atoms with Gasteiger partial charge in [0, 0.05) is 54.1 Å². The van der Waals surface area contributed by atoms with Crippen molar-refractivity contribution in [1.29, 1.82) is 5.26 Å². The number of nitrogens with zero attached hydrogens (tertiary/aromatic N) is 4. The maximum atomic E-state index is 13.4. The van der Waals surface area contributed by atoms with E-state index in [-0.39, 0.29) is 58.6 Å². The monoisotopic (exact) mass is 780 g/mol. The maximum Gasteiger partial charge on any atom is 0.255 e. The van der Waals surface area contributed by atoms with Crippen LogP contribution in [0.15, 0.2) is 66.7 Å². The fourth-order valence-electron chi connectivity index (χ4n) is 9.72. The zero-order chi connectivity index (χ0) is 41.2. The van der Waals surface area contributed by atoms with Gasteiger partial charge in [0.15, 0.2) is 0 Å². The van der Waals surface area contributed by atoms with Crippen molar-refractivity contribution in [3.63, 3.8) is 0 Å². The Morgan fingerprint density at radius 2 is 1.74 bits per heavy atom. The fraction of sp³-hybridized carbons (Fsp3) is 0.447. The first kappa shape index (κ1) is 40.4. The zero-order valence-corrected chi connectivity index (χ0v) is 33.9. The highest BCUT2D eigenvalue weighted by Crippen LogP contribution is 2.55. The van der Waals surface area contributed by atoms with Crippen LogP contribution in [0.3, 0.4) is 0 Å². The van der Waals surface area contributed by atoms with Crippen molar-refractivity contribution >= 4 is 34.9 Å². The molecule has 2 fully saturated rings. The summed E-state index contributed by atoms with van der Waals surface area (Å²) in [6.07, 6.45) is 9.20. The Labute approximate surface area is 341 Å². The second-order valence-electron chi connectivity index (χ2n) is 17.4. The molecule has 7 rings (SSSR count). The van der Waals surface area contributed by atoms with E-state index in [1.54, 1.807) is 23.1 Å². The van der Waals surface area contributed by atoms with Crippen LogP contribution in [0.1, 0.15) is 116 Å². The molecule has 58 heavy (non-hydrogen) atoms. The van der Waals surface area contributed by atoms with Crippen LogP contribution in [-0.4, -0.2) is 71.3 Å². The number of benzene rings is 3. The number of hydrogen-bond donors (Lipinski definition) is 2. The molecular weight excluding hydrogens is 729 g/mol. The van der Waals surface area contributed by atoms with Crippen LogP contribution in [0.25, 0.3) is 10.4 Å². The molecule has 1 aliphatic carbocycles. The standard InChI is InChI=1S/C47H52N6O5/c1-46(2)44(47(3,4)45(46)58-36-16-18-38(49-5)34(27-36)28-48)51-41(55)32-13-11-30(12-14-32)10-8-6-7-9-23-52-24-21-31(22-25-52)33-15-17-37-35(26-33)29-53(43(37)57)39-19-20-40(54)50-42(39)56/h11-18,21,26-27,39,44-45H,6-10,19-20,22-25,29H2,1-4H3,(H,51,55)(H,50,54,56). The van der Waals surface area contributed by atoms with Crippen molar-refractivity contribution in [2.45, 2.75) is 104 Å². The van der Waals surface area contributed by atoms with Crippen molar-refractivity contribution in [2.24, 2.45) is 10.8 Å². The Balaban J connectivity index is 0.809. The second kappa shape index (κ2) is 16.6. The van der Waals surface area contributed by atoms with Crippen molar-refractivity contribution < 1.29 is 23.9 Å². The molecule has 4 amide bonds. The van der Waals surface area contributed by atoms with Gasteiger partial charge in [-0.1, -0.05) is 70.9 Å². The van der Waals surface area contributed by atoms with Gasteiger partial charge in [0.25, 0.3) is 11.8 Å². The molecule has 1 saturated carbocycles. The van der Waals surface area contributed by atoms with E-state index in [9.17, 15) is 24.4 Å². The first-order valence-electron chi connectivity index (χ1n) is 20.5. The van der Waals surface area contributed by atoms with Crippen LogP contribution in [0, 0.1) is 28.7 Å². The molecule has 0 aromatic heterocycles. The summed E-state index contributed by atoms with van der Waals surface area (Å²) in [5.74, 6) is -0.368. The molecule has 0 spiro atoms. The summed E-state index contributed by atoms with van der Waals surface area (Å²) >= 11 is 0. The van der Waals surface area contributed by atoms with Gasteiger partial charge < -0.3 is 15.0 Å². The largest absolute Gasteiger partial charge is 0.489 e. The van der Waals surface area contributed by atoms with Crippen LogP contribution in [0.4, 0.5) is 5.69 Å². The molecule has 4 aliphatic rings. The lowest BCUT2D eigenvalue weighted by atomic mass is 9.49. The number of imide groups is 1. The van der Waals surface area contributed by atoms with Crippen molar-refractivity contribution in [1.82, 2.24) is 20.4 Å². The lowest BCUT2D eigenvalue weighted by Gasteiger charge is -2.63. The average Bonchev–Trinajstić information content (AvgIpc) is 3.54. The number of carbonyl (C=O) groups excluding carboxylic acids is 4. The molecular formula is C47H52N6O5. The lowest BCUT2D eigenvalue weighted by molar-refractivity contribution is -0.164. The number of amides is 4. The minimum atomic E-state index is -0.600. The summed E-state index contributed by atoms with van der Waals surface area (Å²) in [4.78, 5) is 58.0. The van der Waals surface area contributed by atoms with Crippen LogP contribution in [0.5, 0.6) is 5.75 Å². The molecule has 0 bridgehead atoms. The molecule has 11 nitrogen and oxygen atoms in total. The smallest absolute Gasteiger partial charge is 0.255 e.